The van der Waals surface area contributed by atoms with E-state index in [1.54, 1.807) is 6.08 Å². The standard InChI is InChI=1S/C37H53NO6S/c1-4-21-41-27-17-18-33-31(24-27)35-29(16-10-12-20-40)26(13-9-11-19-39)23-30-32(38-43-6-3)25-34(45-28-14-7-8-15-28)37(44-33,36(30)35)42-22-5-2/h4-5,17-18,23-24,26,28-29,34-36,39-40H,1-2,6-16,19-22,25H2,3H3. The SMILES string of the molecule is C=CCOc1ccc2c(c1)C1C(CCCCO)C(CCCCO)C=C3C(=NOCC)CC(SC4CCCC4)C(OCC=C)(O2)C31. The molecule has 0 aromatic heterocycles. The normalized spacial score (nSPS) is 29.8. The van der Waals surface area contributed by atoms with Crippen molar-refractivity contribution in [1.29, 1.82) is 0 Å². The van der Waals surface area contributed by atoms with E-state index < -0.39 is 5.79 Å². The summed E-state index contributed by atoms with van der Waals surface area (Å²) in [5.41, 5.74) is 3.33. The van der Waals surface area contributed by atoms with Crippen molar-refractivity contribution in [1.82, 2.24) is 0 Å². The number of thioether (sulfide) groups is 1. The Morgan fingerprint density at radius 1 is 1.04 bits per heavy atom. The van der Waals surface area contributed by atoms with Gasteiger partial charge in [-0.1, -0.05) is 55.6 Å². The largest absolute Gasteiger partial charge is 0.490 e. The third-order valence-corrected chi connectivity index (χ3v) is 11.6. The number of ether oxygens (including phenoxy) is 3. The van der Waals surface area contributed by atoms with Gasteiger partial charge < -0.3 is 29.3 Å². The number of aliphatic hydroxyl groups excluding tert-OH is 2. The van der Waals surface area contributed by atoms with Crippen LogP contribution in [0.25, 0.3) is 0 Å². The number of hydrogen-bond donors (Lipinski definition) is 2. The molecule has 3 aliphatic carbocycles. The van der Waals surface area contributed by atoms with E-state index in [-0.39, 0.29) is 42.1 Å². The van der Waals surface area contributed by atoms with Crippen LogP contribution in [0.3, 0.4) is 0 Å². The maximum absolute atomic E-state index is 9.75. The van der Waals surface area contributed by atoms with E-state index >= 15 is 0 Å². The second-order valence-electron chi connectivity index (χ2n) is 12.8. The highest BCUT2D eigenvalue weighted by atomic mass is 32.2. The van der Waals surface area contributed by atoms with Crippen LogP contribution in [0.15, 0.2) is 60.3 Å². The lowest BCUT2D eigenvalue weighted by molar-refractivity contribution is -0.223. The number of aliphatic hydroxyl groups is 2. The van der Waals surface area contributed by atoms with E-state index in [9.17, 15) is 10.2 Å². The summed E-state index contributed by atoms with van der Waals surface area (Å²) in [4.78, 5) is 5.80. The van der Waals surface area contributed by atoms with Crippen molar-refractivity contribution >= 4 is 17.5 Å². The highest BCUT2D eigenvalue weighted by Crippen LogP contribution is 2.63. The van der Waals surface area contributed by atoms with E-state index in [4.69, 9.17) is 24.2 Å². The summed E-state index contributed by atoms with van der Waals surface area (Å²) in [5.74, 6) is 1.31. The summed E-state index contributed by atoms with van der Waals surface area (Å²) in [5, 5.41) is 24.8. The van der Waals surface area contributed by atoms with E-state index in [1.807, 2.05) is 30.8 Å². The highest BCUT2D eigenvalue weighted by Gasteiger charge is 2.64. The van der Waals surface area contributed by atoms with Crippen LogP contribution in [0.4, 0.5) is 0 Å². The van der Waals surface area contributed by atoms with E-state index in [2.05, 4.69) is 31.4 Å². The molecule has 5 rings (SSSR count). The third-order valence-electron chi connectivity index (χ3n) is 9.95. The van der Waals surface area contributed by atoms with Gasteiger partial charge in [0.05, 0.1) is 23.5 Å². The van der Waals surface area contributed by atoms with Gasteiger partial charge in [0.25, 0.3) is 0 Å². The van der Waals surface area contributed by atoms with Crippen LogP contribution in [0.2, 0.25) is 0 Å². The molecule has 7 nitrogen and oxygen atoms in total. The molecule has 0 bridgehead atoms. The maximum Gasteiger partial charge on any atom is 0.230 e. The van der Waals surface area contributed by atoms with Crippen molar-refractivity contribution in [2.45, 2.75) is 99.8 Å². The van der Waals surface area contributed by atoms with Crippen molar-refractivity contribution in [3.63, 3.8) is 0 Å². The van der Waals surface area contributed by atoms with Crippen molar-refractivity contribution in [3.05, 3.63) is 60.7 Å². The minimum absolute atomic E-state index is 0.0262. The van der Waals surface area contributed by atoms with Gasteiger partial charge in [-0.25, -0.2) is 0 Å². The van der Waals surface area contributed by atoms with Crippen LogP contribution in [0.1, 0.15) is 89.0 Å². The Morgan fingerprint density at radius 2 is 1.80 bits per heavy atom. The Balaban J connectivity index is 1.71. The fourth-order valence-corrected chi connectivity index (χ4v) is 9.86. The number of unbranched alkanes of at least 4 members (excludes halogenated alkanes) is 2. The molecule has 0 spiro atoms. The number of benzene rings is 1. The van der Waals surface area contributed by atoms with Gasteiger partial charge in [0.1, 0.15) is 24.7 Å². The molecule has 0 amide bonds. The molecule has 0 saturated heterocycles. The lowest BCUT2D eigenvalue weighted by Crippen LogP contribution is -2.64. The van der Waals surface area contributed by atoms with Crippen LogP contribution in [0.5, 0.6) is 11.5 Å². The molecule has 2 fully saturated rings. The van der Waals surface area contributed by atoms with Gasteiger partial charge >= 0.3 is 0 Å². The zero-order valence-corrected chi connectivity index (χ0v) is 27.9. The van der Waals surface area contributed by atoms with Gasteiger partial charge in [-0.3, -0.25) is 0 Å². The predicted molar refractivity (Wildman–Crippen MR) is 182 cm³/mol. The van der Waals surface area contributed by atoms with Gasteiger partial charge in [-0.2, -0.15) is 0 Å². The number of allylic oxidation sites excluding steroid dienone is 1. The number of rotatable bonds is 18. The first-order valence-electron chi connectivity index (χ1n) is 17.2. The maximum atomic E-state index is 9.75. The fraction of sp³-hybridized carbons (Fsp3) is 0.649. The predicted octanol–water partition coefficient (Wildman–Crippen LogP) is 7.58. The van der Waals surface area contributed by atoms with Gasteiger partial charge in [-0.15, -0.1) is 18.3 Å². The summed E-state index contributed by atoms with van der Waals surface area (Å²) in [6.07, 6.45) is 17.1. The van der Waals surface area contributed by atoms with Crippen molar-refractivity contribution in [3.8, 4) is 11.5 Å². The molecular formula is C37H53NO6S. The van der Waals surface area contributed by atoms with Crippen LogP contribution in [0, 0.1) is 17.8 Å². The van der Waals surface area contributed by atoms with Crippen LogP contribution in [-0.2, 0) is 9.57 Å². The second kappa shape index (κ2) is 16.5. The topological polar surface area (TPSA) is 89.7 Å². The monoisotopic (exact) mass is 639 g/mol. The Morgan fingerprint density at radius 3 is 2.51 bits per heavy atom. The number of fused-ring (bicyclic) bond motifs is 2. The van der Waals surface area contributed by atoms with Crippen LogP contribution >= 0.6 is 11.8 Å². The quantitative estimate of drug-likeness (QED) is 0.0972. The zero-order valence-electron chi connectivity index (χ0n) is 27.0. The Bertz CT molecular complexity index is 1200. The summed E-state index contributed by atoms with van der Waals surface area (Å²) < 4.78 is 20.3. The summed E-state index contributed by atoms with van der Waals surface area (Å²) >= 11 is 2.02. The molecule has 6 unspecified atom stereocenters. The molecule has 8 heteroatoms. The molecule has 45 heavy (non-hydrogen) atoms. The molecule has 4 aliphatic rings. The molecular weight excluding hydrogens is 586 g/mol. The molecule has 2 saturated carbocycles. The molecule has 1 aliphatic heterocycles. The number of nitrogens with zero attached hydrogens (tertiary/aromatic N) is 1. The lowest BCUT2D eigenvalue weighted by atomic mass is 9.56. The second-order valence-corrected chi connectivity index (χ2v) is 14.3. The first-order valence-corrected chi connectivity index (χ1v) is 18.1. The summed E-state index contributed by atoms with van der Waals surface area (Å²) in [6.45, 7) is 11.6. The molecule has 0 radical (unpaired) electrons. The van der Waals surface area contributed by atoms with Gasteiger partial charge in [-0.05, 0) is 81.1 Å². The minimum Gasteiger partial charge on any atom is -0.490 e. The number of hydrogen-bond acceptors (Lipinski definition) is 8. The van der Waals surface area contributed by atoms with Gasteiger partial charge in [0.15, 0.2) is 0 Å². The Kier molecular flexibility index (Phi) is 12.5. The average molecular weight is 640 g/mol. The highest BCUT2D eigenvalue weighted by molar-refractivity contribution is 8.00. The first kappa shape index (κ1) is 34.1. The van der Waals surface area contributed by atoms with E-state index in [0.717, 1.165) is 61.3 Å². The molecule has 248 valence electrons. The third kappa shape index (κ3) is 7.50. The molecule has 1 aromatic rings. The van der Waals surface area contributed by atoms with E-state index in [0.29, 0.717) is 31.5 Å². The van der Waals surface area contributed by atoms with Crippen molar-refractivity contribution in [2.24, 2.45) is 22.9 Å². The lowest BCUT2D eigenvalue weighted by Gasteiger charge is -2.58. The molecule has 1 aromatic carbocycles. The number of oxime groups is 1. The zero-order chi connectivity index (χ0) is 31.6. The first-order chi connectivity index (χ1) is 22.1. The average Bonchev–Trinajstić information content (AvgIpc) is 3.57. The van der Waals surface area contributed by atoms with Crippen molar-refractivity contribution in [2.75, 3.05) is 33.0 Å². The van der Waals surface area contributed by atoms with Gasteiger partial charge in [0, 0.05) is 36.4 Å². The Hall–Kier alpha value is -2.26. The van der Waals surface area contributed by atoms with Crippen molar-refractivity contribution < 1.29 is 29.3 Å². The fourth-order valence-electron chi connectivity index (χ4n) is 8.09. The van der Waals surface area contributed by atoms with Gasteiger partial charge in [0.2, 0.25) is 5.79 Å². The molecule has 1 heterocycles. The van der Waals surface area contributed by atoms with Crippen LogP contribution in [-0.4, -0.2) is 65.2 Å². The smallest absolute Gasteiger partial charge is 0.230 e. The van der Waals surface area contributed by atoms with Crippen LogP contribution < -0.4 is 9.47 Å². The Labute approximate surface area is 274 Å². The summed E-state index contributed by atoms with van der Waals surface area (Å²) in [6, 6.07) is 6.22. The summed E-state index contributed by atoms with van der Waals surface area (Å²) in [7, 11) is 0. The molecule has 2 N–H and O–H groups in total. The van der Waals surface area contributed by atoms with E-state index in [1.165, 1.54) is 31.3 Å². The minimum atomic E-state index is -0.898. The molecule has 6 atom stereocenters.